The molecule has 9 nitrogen and oxygen atoms in total. The summed E-state index contributed by atoms with van der Waals surface area (Å²) in [7, 11) is -3.21. The van der Waals surface area contributed by atoms with E-state index < -0.39 is 21.9 Å². The summed E-state index contributed by atoms with van der Waals surface area (Å²) >= 11 is 0. The lowest BCUT2D eigenvalue weighted by atomic mass is 10.1. The van der Waals surface area contributed by atoms with Gasteiger partial charge in [-0.2, -0.15) is 4.31 Å². The Hall–Kier alpha value is -2.63. The van der Waals surface area contributed by atoms with Crippen LogP contribution in [-0.4, -0.2) is 66.1 Å². The molecular formula is C17H21FN6O3S. The van der Waals surface area contributed by atoms with E-state index in [-0.39, 0.29) is 5.69 Å². The Morgan fingerprint density at radius 1 is 1.18 bits per heavy atom. The van der Waals surface area contributed by atoms with E-state index in [1.807, 2.05) is 4.90 Å². The maximum absolute atomic E-state index is 14.8. The van der Waals surface area contributed by atoms with Gasteiger partial charge in [-0.1, -0.05) is 12.1 Å². The molecule has 11 heteroatoms. The smallest absolute Gasteiger partial charge is 0.305 e. The van der Waals surface area contributed by atoms with Crippen LogP contribution in [0.25, 0.3) is 0 Å². The Labute approximate surface area is 162 Å². The fourth-order valence-electron chi connectivity index (χ4n) is 2.89. The van der Waals surface area contributed by atoms with E-state index in [4.69, 9.17) is 0 Å². The largest absolute Gasteiger partial charge is 0.324 e. The van der Waals surface area contributed by atoms with Gasteiger partial charge in [0, 0.05) is 44.5 Å². The maximum atomic E-state index is 14.8. The molecule has 0 radical (unpaired) electrons. The molecule has 1 aromatic heterocycles. The van der Waals surface area contributed by atoms with Crippen LogP contribution < -0.4 is 10.6 Å². The molecule has 1 aliphatic rings. The minimum absolute atomic E-state index is 0.0545. The molecule has 2 heterocycles. The number of sulfonamides is 1. The van der Waals surface area contributed by atoms with Crippen molar-refractivity contribution in [3.63, 3.8) is 0 Å². The van der Waals surface area contributed by atoms with Crippen LogP contribution in [0.2, 0.25) is 0 Å². The van der Waals surface area contributed by atoms with Gasteiger partial charge in [0.05, 0.1) is 11.9 Å². The topological polar surface area (TPSA) is 108 Å². The van der Waals surface area contributed by atoms with Crippen LogP contribution in [0.5, 0.6) is 0 Å². The quantitative estimate of drug-likeness (QED) is 0.773. The third kappa shape index (κ3) is 5.21. The summed E-state index contributed by atoms with van der Waals surface area (Å²) in [6.45, 7) is 2.10. The van der Waals surface area contributed by atoms with E-state index in [0.717, 1.165) is 0 Å². The average molecular weight is 408 g/mol. The van der Waals surface area contributed by atoms with Crippen molar-refractivity contribution in [1.29, 1.82) is 0 Å². The standard InChI is InChI=1S/C17H21FN6O3S/c1-28(26,27)24-9-7-23(8-10-24)11-13-3-2-4-14(16(13)18)21-17(25)22-15-5-6-19-12-20-15/h2-6,12H,7-11H2,1H3,(H2,19,20,21,22,25). The van der Waals surface area contributed by atoms with Crippen molar-refractivity contribution in [1.82, 2.24) is 19.2 Å². The van der Waals surface area contributed by atoms with Crippen LogP contribution in [0.15, 0.2) is 36.8 Å². The highest BCUT2D eigenvalue weighted by atomic mass is 32.2. The number of amides is 2. The second kappa shape index (κ2) is 8.59. The number of urea groups is 1. The first-order valence-electron chi connectivity index (χ1n) is 8.62. The molecule has 0 atom stereocenters. The van der Waals surface area contributed by atoms with E-state index in [1.165, 1.54) is 35.2 Å². The summed E-state index contributed by atoms with van der Waals surface area (Å²) in [6, 6.07) is 5.68. The van der Waals surface area contributed by atoms with Gasteiger partial charge in [0.2, 0.25) is 10.0 Å². The van der Waals surface area contributed by atoms with E-state index in [0.29, 0.717) is 44.1 Å². The molecule has 2 amide bonds. The Balaban J connectivity index is 1.61. The second-order valence-electron chi connectivity index (χ2n) is 6.39. The van der Waals surface area contributed by atoms with Crippen molar-refractivity contribution >= 4 is 27.6 Å². The number of carbonyl (C=O) groups is 1. The highest BCUT2D eigenvalue weighted by molar-refractivity contribution is 7.88. The lowest BCUT2D eigenvalue weighted by Gasteiger charge is -2.33. The van der Waals surface area contributed by atoms with Crippen molar-refractivity contribution in [3.8, 4) is 0 Å². The number of hydrogen-bond donors (Lipinski definition) is 2. The fourth-order valence-corrected chi connectivity index (χ4v) is 3.72. The summed E-state index contributed by atoms with van der Waals surface area (Å²) in [4.78, 5) is 21.6. The molecule has 0 bridgehead atoms. The van der Waals surface area contributed by atoms with Crippen LogP contribution in [0.1, 0.15) is 5.56 Å². The number of rotatable bonds is 5. The molecule has 2 aromatic rings. The lowest BCUT2D eigenvalue weighted by Crippen LogP contribution is -2.47. The van der Waals surface area contributed by atoms with Crippen molar-refractivity contribution in [3.05, 3.63) is 48.2 Å². The van der Waals surface area contributed by atoms with Gasteiger partial charge in [0.25, 0.3) is 0 Å². The van der Waals surface area contributed by atoms with Gasteiger partial charge in [-0.15, -0.1) is 0 Å². The number of anilines is 2. The zero-order valence-electron chi connectivity index (χ0n) is 15.3. The molecule has 1 aromatic carbocycles. The highest BCUT2D eigenvalue weighted by Gasteiger charge is 2.24. The zero-order chi connectivity index (χ0) is 20.1. The monoisotopic (exact) mass is 408 g/mol. The number of benzene rings is 1. The fraction of sp³-hybridized carbons (Fsp3) is 0.353. The Morgan fingerprint density at radius 2 is 1.93 bits per heavy atom. The number of hydrogen-bond acceptors (Lipinski definition) is 6. The van der Waals surface area contributed by atoms with Gasteiger partial charge in [0.1, 0.15) is 12.1 Å². The Morgan fingerprint density at radius 3 is 2.57 bits per heavy atom. The molecule has 0 aliphatic carbocycles. The van der Waals surface area contributed by atoms with Crippen molar-refractivity contribution in [2.45, 2.75) is 6.54 Å². The number of nitrogens with one attached hydrogen (secondary N) is 2. The molecule has 3 rings (SSSR count). The summed E-state index contributed by atoms with van der Waals surface area (Å²) in [5.41, 5.74) is 0.478. The lowest BCUT2D eigenvalue weighted by molar-refractivity contribution is 0.180. The number of piperazine rings is 1. The zero-order valence-corrected chi connectivity index (χ0v) is 16.1. The predicted molar refractivity (Wildman–Crippen MR) is 103 cm³/mol. The van der Waals surface area contributed by atoms with Crippen molar-refractivity contribution in [2.75, 3.05) is 43.1 Å². The summed E-state index contributed by atoms with van der Waals surface area (Å²) < 4.78 is 39.4. The second-order valence-corrected chi connectivity index (χ2v) is 8.37. The summed E-state index contributed by atoms with van der Waals surface area (Å²) in [5.74, 6) is -0.223. The maximum Gasteiger partial charge on any atom is 0.324 e. The molecule has 150 valence electrons. The van der Waals surface area contributed by atoms with Crippen LogP contribution in [0.4, 0.5) is 20.7 Å². The molecule has 1 fully saturated rings. The normalized spacial score (nSPS) is 15.9. The molecule has 1 saturated heterocycles. The third-order valence-corrected chi connectivity index (χ3v) is 5.65. The molecule has 28 heavy (non-hydrogen) atoms. The first kappa shape index (κ1) is 20.1. The third-order valence-electron chi connectivity index (χ3n) is 4.34. The summed E-state index contributed by atoms with van der Waals surface area (Å²) in [6.07, 6.45) is 3.96. The van der Waals surface area contributed by atoms with Gasteiger partial charge in [-0.25, -0.2) is 27.6 Å². The first-order valence-corrected chi connectivity index (χ1v) is 10.5. The van der Waals surface area contributed by atoms with Crippen molar-refractivity contribution in [2.24, 2.45) is 0 Å². The number of halogens is 1. The molecule has 0 spiro atoms. The van der Waals surface area contributed by atoms with E-state index in [9.17, 15) is 17.6 Å². The van der Waals surface area contributed by atoms with E-state index >= 15 is 0 Å². The van der Waals surface area contributed by atoms with Gasteiger partial charge in [0.15, 0.2) is 5.82 Å². The number of aromatic nitrogens is 2. The molecule has 0 saturated carbocycles. The Bertz CT molecular complexity index is 933. The van der Waals surface area contributed by atoms with Gasteiger partial charge in [-0.05, 0) is 12.1 Å². The highest BCUT2D eigenvalue weighted by Crippen LogP contribution is 2.20. The Kier molecular flexibility index (Phi) is 6.17. The van der Waals surface area contributed by atoms with Crippen LogP contribution in [0.3, 0.4) is 0 Å². The molecule has 2 N–H and O–H groups in total. The van der Waals surface area contributed by atoms with Crippen molar-refractivity contribution < 1.29 is 17.6 Å². The number of nitrogens with zero attached hydrogens (tertiary/aromatic N) is 4. The van der Waals surface area contributed by atoms with Crippen LogP contribution in [-0.2, 0) is 16.6 Å². The molecular weight excluding hydrogens is 387 g/mol. The van der Waals surface area contributed by atoms with Gasteiger partial charge >= 0.3 is 6.03 Å². The SMILES string of the molecule is CS(=O)(=O)N1CCN(Cc2cccc(NC(=O)Nc3ccncn3)c2F)CC1. The van der Waals surface area contributed by atoms with E-state index in [1.54, 1.807) is 12.1 Å². The first-order chi connectivity index (χ1) is 13.3. The number of carbonyl (C=O) groups excluding carboxylic acids is 1. The minimum Gasteiger partial charge on any atom is -0.305 e. The van der Waals surface area contributed by atoms with E-state index in [2.05, 4.69) is 20.6 Å². The molecule has 0 unspecified atom stereocenters. The average Bonchev–Trinajstić information content (AvgIpc) is 2.65. The molecule has 1 aliphatic heterocycles. The van der Waals surface area contributed by atoms with Gasteiger partial charge < -0.3 is 5.32 Å². The van der Waals surface area contributed by atoms with Gasteiger partial charge in [-0.3, -0.25) is 10.2 Å². The van der Waals surface area contributed by atoms with Crippen LogP contribution >= 0.6 is 0 Å². The summed E-state index contributed by atoms with van der Waals surface area (Å²) in [5, 5.41) is 4.97. The predicted octanol–water partition coefficient (Wildman–Crippen LogP) is 1.34. The minimum atomic E-state index is -3.21. The van der Waals surface area contributed by atoms with Crippen LogP contribution in [0, 0.1) is 5.82 Å².